The van der Waals surface area contributed by atoms with Crippen LogP contribution in [0.25, 0.3) is 0 Å². The Morgan fingerprint density at radius 3 is 2.25 bits per heavy atom. The summed E-state index contributed by atoms with van der Waals surface area (Å²) in [5.41, 5.74) is 5.68. The van der Waals surface area contributed by atoms with Crippen molar-refractivity contribution in [1.82, 2.24) is 5.32 Å². The molecule has 0 heterocycles. The zero-order valence-corrected chi connectivity index (χ0v) is 11.5. The Bertz CT molecular complexity index is 441. The van der Waals surface area contributed by atoms with E-state index in [1.54, 1.807) is 0 Å². The Hall–Kier alpha value is -1.56. The van der Waals surface area contributed by atoms with Crippen molar-refractivity contribution in [3.05, 3.63) is 35.4 Å². The standard InChI is InChI=1S/C14H19F3N2O/c1-9(2)12(18)7-13(20)19-8-10-3-5-11(6-4-10)14(15,16)17/h3-6,9,12H,7-8,18H2,1-2H3,(H,19,20). The van der Waals surface area contributed by atoms with Gasteiger partial charge in [0.25, 0.3) is 0 Å². The van der Waals surface area contributed by atoms with Crippen molar-refractivity contribution in [2.24, 2.45) is 11.7 Å². The van der Waals surface area contributed by atoms with E-state index < -0.39 is 11.7 Å². The van der Waals surface area contributed by atoms with Gasteiger partial charge in [-0.25, -0.2) is 0 Å². The van der Waals surface area contributed by atoms with Gasteiger partial charge >= 0.3 is 6.18 Å². The molecule has 20 heavy (non-hydrogen) atoms. The lowest BCUT2D eigenvalue weighted by atomic mass is 10.0. The van der Waals surface area contributed by atoms with Gasteiger partial charge in [0.05, 0.1) is 5.56 Å². The third-order valence-electron chi connectivity index (χ3n) is 3.05. The maximum absolute atomic E-state index is 12.4. The summed E-state index contributed by atoms with van der Waals surface area (Å²) < 4.78 is 37.1. The smallest absolute Gasteiger partial charge is 0.352 e. The molecule has 1 unspecified atom stereocenters. The summed E-state index contributed by atoms with van der Waals surface area (Å²) in [5.74, 6) is -0.00193. The molecule has 0 aliphatic rings. The van der Waals surface area contributed by atoms with E-state index in [1.807, 2.05) is 13.8 Å². The van der Waals surface area contributed by atoms with Crippen LogP contribution >= 0.6 is 0 Å². The summed E-state index contributed by atoms with van der Waals surface area (Å²) >= 11 is 0. The molecule has 1 rings (SSSR count). The molecule has 0 fully saturated rings. The summed E-state index contributed by atoms with van der Waals surface area (Å²) in [7, 11) is 0. The van der Waals surface area contributed by atoms with Gasteiger partial charge in [0.1, 0.15) is 0 Å². The van der Waals surface area contributed by atoms with Crippen LogP contribution in [0, 0.1) is 5.92 Å². The zero-order chi connectivity index (χ0) is 15.3. The Labute approximate surface area is 116 Å². The molecule has 0 bridgehead atoms. The van der Waals surface area contributed by atoms with Crippen molar-refractivity contribution in [2.75, 3.05) is 0 Å². The Morgan fingerprint density at radius 2 is 1.80 bits per heavy atom. The van der Waals surface area contributed by atoms with Gasteiger partial charge in [-0.3, -0.25) is 4.79 Å². The second-order valence-electron chi connectivity index (χ2n) is 5.08. The number of carbonyl (C=O) groups excluding carboxylic acids is 1. The lowest BCUT2D eigenvalue weighted by molar-refractivity contribution is -0.137. The molecule has 0 aromatic heterocycles. The van der Waals surface area contributed by atoms with Gasteiger partial charge in [0.2, 0.25) is 5.91 Å². The molecule has 1 aromatic rings. The lowest BCUT2D eigenvalue weighted by Crippen LogP contribution is -2.34. The van der Waals surface area contributed by atoms with Crippen LogP contribution in [-0.2, 0) is 17.5 Å². The van der Waals surface area contributed by atoms with Gasteiger partial charge in [-0.15, -0.1) is 0 Å². The summed E-state index contributed by atoms with van der Waals surface area (Å²) in [6, 6.07) is 4.49. The molecule has 1 aromatic carbocycles. The van der Waals surface area contributed by atoms with Crippen LogP contribution in [0.5, 0.6) is 0 Å². The second kappa shape index (κ2) is 6.74. The molecule has 0 saturated heterocycles. The first-order chi connectivity index (χ1) is 9.20. The fourth-order valence-corrected chi connectivity index (χ4v) is 1.53. The van der Waals surface area contributed by atoms with Gasteiger partial charge in [0.15, 0.2) is 0 Å². The molecule has 0 spiro atoms. The van der Waals surface area contributed by atoms with Crippen molar-refractivity contribution < 1.29 is 18.0 Å². The maximum Gasteiger partial charge on any atom is 0.416 e. The molecule has 3 N–H and O–H groups in total. The molecular weight excluding hydrogens is 269 g/mol. The van der Waals surface area contributed by atoms with Crippen molar-refractivity contribution in [3.63, 3.8) is 0 Å². The predicted octanol–water partition coefficient (Wildman–Crippen LogP) is 2.70. The molecule has 1 amide bonds. The van der Waals surface area contributed by atoms with Crippen LogP contribution < -0.4 is 11.1 Å². The van der Waals surface area contributed by atoms with E-state index in [0.717, 1.165) is 12.1 Å². The number of nitrogens with two attached hydrogens (primary N) is 1. The number of nitrogens with one attached hydrogen (secondary N) is 1. The molecule has 0 aliphatic heterocycles. The Balaban J connectivity index is 2.48. The number of hydrogen-bond donors (Lipinski definition) is 2. The van der Waals surface area contributed by atoms with E-state index in [-0.39, 0.29) is 30.8 Å². The number of benzene rings is 1. The van der Waals surface area contributed by atoms with Crippen LogP contribution in [-0.4, -0.2) is 11.9 Å². The molecule has 3 nitrogen and oxygen atoms in total. The zero-order valence-electron chi connectivity index (χ0n) is 11.5. The Kier molecular flexibility index (Phi) is 5.56. The molecule has 1 atom stereocenters. The first-order valence-corrected chi connectivity index (χ1v) is 6.38. The summed E-state index contributed by atoms with van der Waals surface area (Å²) in [4.78, 5) is 11.6. The van der Waals surface area contributed by atoms with Gasteiger partial charge < -0.3 is 11.1 Å². The number of carbonyl (C=O) groups is 1. The van der Waals surface area contributed by atoms with Gasteiger partial charge in [-0.1, -0.05) is 26.0 Å². The maximum atomic E-state index is 12.4. The first kappa shape index (κ1) is 16.5. The first-order valence-electron chi connectivity index (χ1n) is 6.38. The summed E-state index contributed by atoms with van der Waals surface area (Å²) in [6.45, 7) is 4.05. The minimum atomic E-state index is -4.34. The number of rotatable bonds is 5. The summed E-state index contributed by atoms with van der Waals surface area (Å²) in [5, 5.41) is 2.64. The topological polar surface area (TPSA) is 55.1 Å². The molecule has 0 aliphatic carbocycles. The fraction of sp³-hybridized carbons (Fsp3) is 0.500. The van der Waals surface area contributed by atoms with Gasteiger partial charge in [0, 0.05) is 19.0 Å². The highest BCUT2D eigenvalue weighted by molar-refractivity contribution is 5.76. The van der Waals surface area contributed by atoms with Crippen molar-refractivity contribution in [2.45, 2.75) is 39.0 Å². The highest BCUT2D eigenvalue weighted by Gasteiger charge is 2.29. The monoisotopic (exact) mass is 288 g/mol. The Morgan fingerprint density at radius 1 is 1.25 bits per heavy atom. The molecule has 0 radical (unpaired) electrons. The minimum Gasteiger partial charge on any atom is -0.352 e. The van der Waals surface area contributed by atoms with Crippen LogP contribution in [0.2, 0.25) is 0 Å². The van der Waals surface area contributed by atoms with Crippen LogP contribution in [0.3, 0.4) is 0 Å². The van der Waals surface area contributed by atoms with E-state index in [2.05, 4.69) is 5.32 Å². The summed E-state index contributed by atoms with van der Waals surface area (Å²) in [6.07, 6.45) is -4.13. The van der Waals surface area contributed by atoms with Crippen molar-refractivity contribution in [1.29, 1.82) is 0 Å². The minimum absolute atomic E-state index is 0.196. The van der Waals surface area contributed by atoms with E-state index in [0.29, 0.717) is 5.56 Å². The van der Waals surface area contributed by atoms with Gasteiger partial charge in [-0.05, 0) is 23.6 Å². The number of amides is 1. The van der Waals surface area contributed by atoms with Crippen LogP contribution in [0.4, 0.5) is 13.2 Å². The fourth-order valence-electron chi connectivity index (χ4n) is 1.53. The van der Waals surface area contributed by atoms with Crippen molar-refractivity contribution in [3.8, 4) is 0 Å². The average molecular weight is 288 g/mol. The van der Waals surface area contributed by atoms with E-state index in [4.69, 9.17) is 5.73 Å². The van der Waals surface area contributed by atoms with E-state index >= 15 is 0 Å². The molecule has 0 saturated carbocycles. The van der Waals surface area contributed by atoms with Crippen LogP contribution in [0.15, 0.2) is 24.3 Å². The highest BCUT2D eigenvalue weighted by Crippen LogP contribution is 2.28. The number of alkyl halides is 3. The lowest BCUT2D eigenvalue weighted by Gasteiger charge is -2.15. The van der Waals surface area contributed by atoms with Crippen LogP contribution in [0.1, 0.15) is 31.4 Å². The normalized spacial score (nSPS) is 13.3. The molecular formula is C14H19F3N2O. The van der Waals surface area contributed by atoms with Gasteiger partial charge in [-0.2, -0.15) is 13.2 Å². The predicted molar refractivity (Wildman–Crippen MR) is 70.7 cm³/mol. The van der Waals surface area contributed by atoms with E-state index in [1.165, 1.54) is 12.1 Å². The molecule has 6 heteroatoms. The third-order valence-corrected chi connectivity index (χ3v) is 3.05. The number of hydrogen-bond acceptors (Lipinski definition) is 2. The average Bonchev–Trinajstić information content (AvgIpc) is 2.35. The molecule has 112 valence electrons. The SMILES string of the molecule is CC(C)C(N)CC(=O)NCc1ccc(C(F)(F)F)cc1. The van der Waals surface area contributed by atoms with Crippen molar-refractivity contribution >= 4 is 5.91 Å². The van der Waals surface area contributed by atoms with E-state index in [9.17, 15) is 18.0 Å². The highest BCUT2D eigenvalue weighted by atomic mass is 19.4. The third kappa shape index (κ3) is 5.21. The second-order valence-corrected chi connectivity index (χ2v) is 5.08. The quantitative estimate of drug-likeness (QED) is 0.875. The largest absolute Gasteiger partial charge is 0.416 e. The number of halogens is 3.